The standard InChI is InChI=1S/C30H18Cl4Si2/c31-21-15-17-25(29(33)27(21)19-9-3-1-4-10-19)35-23-13-7-8-14-24(23)36-26-18-16-22(32)28(30(26)34)20-11-5-2-6-12-20/h1-18H. The van der Waals surface area contributed by atoms with Crippen molar-refractivity contribution in [2.75, 3.05) is 0 Å². The van der Waals surface area contributed by atoms with E-state index in [-0.39, 0.29) is 0 Å². The summed E-state index contributed by atoms with van der Waals surface area (Å²) in [5.74, 6) is 0. The maximum absolute atomic E-state index is 6.93. The molecule has 5 aromatic rings. The van der Waals surface area contributed by atoms with Gasteiger partial charge in [-0.2, -0.15) is 0 Å². The van der Waals surface area contributed by atoms with Crippen molar-refractivity contribution in [1.82, 2.24) is 0 Å². The Kier molecular flexibility index (Phi) is 8.02. The predicted octanol–water partition coefficient (Wildman–Crippen LogP) is 6.94. The van der Waals surface area contributed by atoms with E-state index in [1.54, 1.807) is 0 Å². The van der Waals surface area contributed by atoms with Gasteiger partial charge in [-0.25, -0.2) is 0 Å². The fraction of sp³-hybridized carbons (Fsp3) is 0. The first-order valence-electron chi connectivity index (χ1n) is 11.2. The van der Waals surface area contributed by atoms with Crippen LogP contribution in [0.1, 0.15) is 0 Å². The summed E-state index contributed by atoms with van der Waals surface area (Å²) in [5, 5.41) is 7.26. The van der Waals surface area contributed by atoms with Crippen LogP contribution in [0.3, 0.4) is 0 Å². The summed E-state index contributed by atoms with van der Waals surface area (Å²) in [7, 11) is 0.751. The molecule has 0 nitrogen and oxygen atoms in total. The molecule has 36 heavy (non-hydrogen) atoms. The largest absolute Gasteiger partial charge is 0.123 e. The van der Waals surface area contributed by atoms with E-state index < -0.39 is 0 Å². The summed E-state index contributed by atoms with van der Waals surface area (Å²) in [6.45, 7) is 0. The van der Waals surface area contributed by atoms with Crippen LogP contribution in [0.5, 0.6) is 0 Å². The van der Waals surface area contributed by atoms with E-state index in [1.807, 2.05) is 84.9 Å². The molecule has 0 atom stereocenters. The molecule has 0 aliphatic heterocycles. The van der Waals surface area contributed by atoms with Gasteiger partial charge in [0.2, 0.25) is 0 Å². The molecule has 0 saturated heterocycles. The second kappa shape index (κ2) is 11.4. The number of hydrogen-bond donors (Lipinski definition) is 0. The lowest BCUT2D eigenvalue weighted by Crippen LogP contribution is -2.44. The van der Waals surface area contributed by atoms with Crippen molar-refractivity contribution in [2.24, 2.45) is 0 Å². The summed E-state index contributed by atoms with van der Waals surface area (Å²) in [6, 6.07) is 36.4. The third kappa shape index (κ3) is 5.35. The van der Waals surface area contributed by atoms with Crippen LogP contribution < -0.4 is 20.7 Å². The highest BCUT2D eigenvalue weighted by atomic mass is 35.5. The number of rotatable bonds is 6. The zero-order valence-corrected chi connectivity index (χ0v) is 23.9. The van der Waals surface area contributed by atoms with E-state index in [4.69, 9.17) is 46.4 Å². The Balaban J connectivity index is 1.50. The third-order valence-electron chi connectivity index (χ3n) is 5.77. The third-order valence-corrected chi connectivity index (χ3v) is 10.5. The van der Waals surface area contributed by atoms with Crippen LogP contribution in [-0.4, -0.2) is 19.0 Å². The van der Waals surface area contributed by atoms with Crippen molar-refractivity contribution in [3.63, 3.8) is 0 Å². The first kappa shape index (κ1) is 25.3. The summed E-state index contributed by atoms with van der Waals surface area (Å²) in [5.41, 5.74) is 3.76. The monoisotopic (exact) mass is 574 g/mol. The van der Waals surface area contributed by atoms with Gasteiger partial charge in [0.25, 0.3) is 0 Å². The summed E-state index contributed by atoms with van der Waals surface area (Å²) >= 11 is 27.0. The molecule has 0 amide bonds. The van der Waals surface area contributed by atoms with Crippen LogP contribution in [0.4, 0.5) is 0 Å². The molecule has 6 heteroatoms. The van der Waals surface area contributed by atoms with Crippen molar-refractivity contribution in [3.05, 3.63) is 129 Å². The molecule has 0 unspecified atom stereocenters. The van der Waals surface area contributed by atoms with Gasteiger partial charge < -0.3 is 0 Å². The maximum Gasteiger partial charge on any atom is 0.123 e. The molecule has 0 aliphatic rings. The minimum atomic E-state index is 0.376. The summed E-state index contributed by atoms with van der Waals surface area (Å²) in [6.07, 6.45) is 0. The zero-order valence-electron chi connectivity index (χ0n) is 18.9. The molecular weight excluding hydrogens is 558 g/mol. The highest BCUT2D eigenvalue weighted by Crippen LogP contribution is 2.34. The topological polar surface area (TPSA) is 0 Å². The summed E-state index contributed by atoms with van der Waals surface area (Å²) in [4.78, 5) is 0. The lowest BCUT2D eigenvalue weighted by atomic mass is 10.1. The Labute approximate surface area is 236 Å². The molecule has 5 aromatic carbocycles. The van der Waals surface area contributed by atoms with Crippen molar-refractivity contribution in [1.29, 1.82) is 0 Å². The first-order chi connectivity index (χ1) is 17.5. The molecular formula is C30H18Cl4Si2. The molecule has 174 valence electrons. The molecule has 0 N–H and O–H groups in total. The molecule has 0 bridgehead atoms. The van der Waals surface area contributed by atoms with Gasteiger partial charge in [-0.3, -0.25) is 0 Å². The van der Waals surface area contributed by atoms with Gasteiger partial charge in [-0.05, 0) is 33.6 Å². The van der Waals surface area contributed by atoms with Gasteiger partial charge in [-0.15, -0.1) is 0 Å². The highest BCUT2D eigenvalue weighted by molar-refractivity contribution is 6.80. The van der Waals surface area contributed by atoms with Crippen LogP contribution in [-0.2, 0) is 0 Å². The molecule has 0 aliphatic carbocycles. The minimum Gasteiger partial charge on any atom is -0.0837 e. The predicted molar refractivity (Wildman–Crippen MR) is 160 cm³/mol. The maximum atomic E-state index is 6.93. The fourth-order valence-electron chi connectivity index (χ4n) is 4.03. The minimum absolute atomic E-state index is 0.376. The Morgan fingerprint density at radius 1 is 0.361 bits per heavy atom. The zero-order chi connectivity index (χ0) is 25.1. The van der Waals surface area contributed by atoms with E-state index in [1.165, 1.54) is 10.4 Å². The average Bonchev–Trinajstić information content (AvgIpc) is 2.90. The fourth-order valence-corrected chi connectivity index (χ4v) is 8.04. The van der Waals surface area contributed by atoms with Crippen LogP contribution >= 0.6 is 46.4 Å². The van der Waals surface area contributed by atoms with E-state index in [2.05, 4.69) is 24.3 Å². The Morgan fingerprint density at radius 2 is 0.722 bits per heavy atom. The van der Waals surface area contributed by atoms with Gasteiger partial charge in [0.15, 0.2) is 0 Å². The molecule has 4 radical (unpaired) electrons. The van der Waals surface area contributed by atoms with Gasteiger partial charge >= 0.3 is 0 Å². The molecule has 5 rings (SSSR count). The lowest BCUT2D eigenvalue weighted by molar-refractivity contribution is 1.63. The van der Waals surface area contributed by atoms with Gasteiger partial charge in [0.1, 0.15) is 19.0 Å². The molecule has 0 fully saturated rings. The summed E-state index contributed by atoms with van der Waals surface area (Å²) < 4.78 is 0. The van der Waals surface area contributed by atoms with E-state index in [0.29, 0.717) is 39.1 Å². The van der Waals surface area contributed by atoms with Gasteiger partial charge in [0.05, 0.1) is 0 Å². The van der Waals surface area contributed by atoms with Crippen molar-refractivity contribution < 1.29 is 0 Å². The van der Waals surface area contributed by atoms with E-state index in [9.17, 15) is 0 Å². The first-order valence-corrected chi connectivity index (χ1v) is 14.7. The number of benzene rings is 5. The molecule has 0 saturated carbocycles. The second-order valence-corrected chi connectivity index (χ2v) is 12.3. The second-order valence-electron chi connectivity index (χ2n) is 8.10. The quantitative estimate of drug-likeness (QED) is 0.192. The Hall–Kier alpha value is -2.31. The normalized spacial score (nSPS) is 11.0. The van der Waals surface area contributed by atoms with E-state index >= 15 is 0 Å². The highest BCUT2D eigenvalue weighted by Gasteiger charge is 2.17. The van der Waals surface area contributed by atoms with E-state index in [0.717, 1.165) is 32.6 Å². The molecule has 0 heterocycles. The smallest absolute Gasteiger partial charge is 0.0837 e. The average molecular weight is 576 g/mol. The Morgan fingerprint density at radius 3 is 1.11 bits per heavy atom. The van der Waals surface area contributed by atoms with Crippen molar-refractivity contribution in [3.8, 4) is 22.3 Å². The molecule has 0 spiro atoms. The lowest BCUT2D eigenvalue weighted by Gasteiger charge is -2.15. The van der Waals surface area contributed by atoms with Crippen LogP contribution in [0.25, 0.3) is 22.3 Å². The number of hydrogen-bond acceptors (Lipinski definition) is 0. The van der Waals surface area contributed by atoms with Gasteiger partial charge in [0, 0.05) is 31.2 Å². The van der Waals surface area contributed by atoms with Crippen LogP contribution in [0.15, 0.2) is 109 Å². The van der Waals surface area contributed by atoms with Gasteiger partial charge in [-0.1, -0.05) is 154 Å². The Bertz CT molecular complexity index is 1400. The van der Waals surface area contributed by atoms with Crippen LogP contribution in [0, 0.1) is 0 Å². The number of halogens is 4. The SMILES string of the molecule is Clc1ccc([Si]c2ccccc2[Si]c2ccc(Cl)c(-c3ccccc3)c2Cl)c(Cl)c1-c1ccccc1. The molecule has 0 aromatic heterocycles. The van der Waals surface area contributed by atoms with Crippen molar-refractivity contribution >= 4 is 86.2 Å². The van der Waals surface area contributed by atoms with Crippen LogP contribution in [0.2, 0.25) is 20.1 Å². The van der Waals surface area contributed by atoms with Crippen molar-refractivity contribution in [2.45, 2.75) is 0 Å².